The van der Waals surface area contributed by atoms with Crippen LogP contribution in [0.2, 0.25) is 0 Å². The van der Waals surface area contributed by atoms with E-state index in [2.05, 4.69) is 28.8 Å². The molecule has 0 radical (unpaired) electrons. The van der Waals surface area contributed by atoms with Gasteiger partial charge in [0.1, 0.15) is 0 Å². The quantitative estimate of drug-likeness (QED) is 0.614. The Balaban J connectivity index is 1.41. The van der Waals surface area contributed by atoms with Crippen molar-refractivity contribution in [2.45, 2.75) is 38.1 Å². The molecule has 0 saturated heterocycles. The second-order valence-electron chi connectivity index (χ2n) is 7.23. The molecule has 0 fully saturated rings. The van der Waals surface area contributed by atoms with Crippen molar-refractivity contribution in [2.24, 2.45) is 0 Å². The number of aryl methyl sites for hydroxylation is 2. The van der Waals surface area contributed by atoms with E-state index < -0.39 is 0 Å². The molecule has 1 atom stereocenters. The van der Waals surface area contributed by atoms with E-state index in [1.165, 1.54) is 30.2 Å². The predicted molar refractivity (Wildman–Crippen MR) is 113 cm³/mol. The first-order chi connectivity index (χ1) is 14.2. The lowest BCUT2D eigenvalue weighted by molar-refractivity contribution is -0.121. The molecular weight excluding hydrogens is 384 g/mol. The summed E-state index contributed by atoms with van der Waals surface area (Å²) in [6, 6.07) is 13.7. The molecule has 4 rings (SSSR count). The summed E-state index contributed by atoms with van der Waals surface area (Å²) in [7, 11) is 0. The minimum absolute atomic E-state index is 0.0964. The highest BCUT2D eigenvalue weighted by atomic mass is 32.1. The third-order valence-electron chi connectivity index (χ3n) is 5.22. The Bertz CT molecular complexity index is 964. The highest BCUT2D eigenvalue weighted by molar-refractivity contribution is 7.10. The van der Waals surface area contributed by atoms with Crippen LogP contribution < -0.4 is 10.6 Å². The number of rotatable bonds is 7. The zero-order valence-electron chi connectivity index (χ0n) is 16.1. The van der Waals surface area contributed by atoms with Crippen LogP contribution in [0.25, 0.3) is 0 Å². The molecule has 1 aliphatic rings. The Morgan fingerprint density at radius 1 is 1.07 bits per heavy atom. The van der Waals surface area contributed by atoms with Crippen LogP contribution in [0.5, 0.6) is 0 Å². The summed E-state index contributed by atoms with van der Waals surface area (Å²) < 4.78 is 5.06. The molecule has 1 aromatic carbocycles. The molecule has 0 spiro atoms. The Morgan fingerprint density at radius 3 is 2.69 bits per heavy atom. The zero-order valence-corrected chi connectivity index (χ0v) is 17.0. The Morgan fingerprint density at radius 2 is 1.93 bits per heavy atom. The summed E-state index contributed by atoms with van der Waals surface area (Å²) in [6.07, 6.45) is 6.38. The number of nitrogens with one attached hydrogen (secondary N) is 2. The first-order valence-corrected chi connectivity index (χ1v) is 10.8. The van der Waals surface area contributed by atoms with Crippen LogP contribution in [0.1, 0.15) is 57.4 Å². The van der Waals surface area contributed by atoms with Crippen LogP contribution in [0, 0.1) is 0 Å². The molecule has 6 heteroatoms. The van der Waals surface area contributed by atoms with E-state index in [9.17, 15) is 9.59 Å². The Kier molecular flexibility index (Phi) is 6.10. The van der Waals surface area contributed by atoms with E-state index in [-0.39, 0.29) is 36.6 Å². The largest absolute Gasteiger partial charge is 0.459 e. The zero-order chi connectivity index (χ0) is 20.1. The van der Waals surface area contributed by atoms with Crippen LogP contribution in [0.15, 0.2) is 58.5 Å². The predicted octanol–water partition coefficient (Wildman–Crippen LogP) is 4.25. The van der Waals surface area contributed by atoms with Gasteiger partial charge in [-0.05, 0) is 66.0 Å². The average molecular weight is 409 g/mol. The lowest BCUT2D eigenvalue weighted by atomic mass is 9.89. The van der Waals surface area contributed by atoms with Crippen molar-refractivity contribution in [1.82, 2.24) is 10.6 Å². The molecule has 0 saturated carbocycles. The monoisotopic (exact) mass is 408 g/mol. The van der Waals surface area contributed by atoms with E-state index in [1.807, 2.05) is 17.5 Å². The number of fused-ring (bicyclic) bond motifs is 1. The van der Waals surface area contributed by atoms with E-state index in [1.54, 1.807) is 23.5 Å². The lowest BCUT2D eigenvalue weighted by Gasteiger charge is -2.22. The summed E-state index contributed by atoms with van der Waals surface area (Å²) in [5, 5.41) is 7.89. The summed E-state index contributed by atoms with van der Waals surface area (Å²) in [5.41, 5.74) is 3.94. The Labute approximate surface area is 174 Å². The van der Waals surface area contributed by atoms with Gasteiger partial charge in [0.15, 0.2) is 5.76 Å². The van der Waals surface area contributed by atoms with Crippen molar-refractivity contribution < 1.29 is 14.0 Å². The fourth-order valence-corrected chi connectivity index (χ4v) is 4.53. The van der Waals surface area contributed by atoms with E-state index in [0.717, 1.165) is 23.3 Å². The molecule has 1 aliphatic carbocycles. The standard InChI is InChI=1S/C23H24N2O3S/c26-21(11-12-24-23(27)19-7-3-13-28-19)25-22(20-8-4-14-29-20)18-10-9-16-5-1-2-6-17(16)15-18/h3-4,7-10,13-15,22H,1-2,5-6,11-12H2,(H,24,27)(H,25,26). The minimum Gasteiger partial charge on any atom is -0.459 e. The first-order valence-electron chi connectivity index (χ1n) is 9.97. The minimum atomic E-state index is -0.313. The number of hydrogen-bond acceptors (Lipinski definition) is 4. The molecule has 29 heavy (non-hydrogen) atoms. The SMILES string of the molecule is O=C(CCNC(=O)c1ccco1)NC(c1ccc2c(c1)CCCC2)c1cccs1. The van der Waals surface area contributed by atoms with Crippen molar-refractivity contribution in [3.05, 3.63) is 81.4 Å². The van der Waals surface area contributed by atoms with Gasteiger partial charge in [0, 0.05) is 17.8 Å². The fraction of sp³-hybridized carbons (Fsp3) is 0.304. The van der Waals surface area contributed by atoms with Crippen molar-refractivity contribution in [1.29, 1.82) is 0 Å². The molecule has 3 aromatic rings. The normalized spacial score (nSPS) is 14.1. The van der Waals surface area contributed by atoms with E-state index >= 15 is 0 Å². The summed E-state index contributed by atoms with van der Waals surface area (Å²) in [4.78, 5) is 25.6. The van der Waals surface area contributed by atoms with Gasteiger partial charge in [0.25, 0.3) is 5.91 Å². The topological polar surface area (TPSA) is 71.3 Å². The van der Waals surface area contributed by atoms with Gasteiger partial charge in [-0.2, -0.15) is 0 Å². The molecule has 150 valence electrons. The number of carbonyl (C=O) groups excluding carboxylic acids is 2. The second kappa shape index (κ2) is 9.09. The van der Waals surface area contributed by atoms with Crippen molar-refractivity contribution in [2.75, 3.05) is 6.54 Å². The number of amides is 2. The smallest absolute Gasteiger partial charge is 0.286 e. The maximum Gasteiger partial charge on any atom is 0.286 e. The van der Waals surface area contributed by atoms with Crippen LogP contribution in [0.3, 0.4) is 0 Å². The molecule has 5 nitrogen and oxygen atoms in total. The third kappa shape index (κ3) is 4.77. The van der Waals surface area contributed by atoms with Gasteiger partial charge >= 0.3 is 0 Å². The molecular formula is C23H24N2O3S. The van der Waals surface area contributed by atoms with Crippen LogP contribution in [-0.2, 0) is 17.6 Å². The van der Waals surface area contributed by atoms with Crippen LogP contribution in [-0.4, -0.2) is 18.4 Å². The van der Waals surface area contributed by atoms with Crippen molar-refractivity contribution in [3.63, 3.8) is 0 Å². The van der Waals surface area contributed by atoms with Gasteiger partial charge in [0.05, 0.1) is 12.3 Å². The molecule has 1 unspecified atom stereocenters. The van der Waals surface area contributed by atoms with Gasteiger partial charge in [-0.25, -0.2) is 0 Å². The summed E-state index contributed by atoms with van der Waals surface area (Å²) >= 11 is 1.64. The highest BCUT2D eigenvalue weighted by Crippen LogP contribution is 2.30. The maximum atomic E-state index is 12.6. The number of carbonyl (C=O) groups is 2. The lowest BCUT2D eigenvalue weighted by Crippen LogP contribution is -2.33. The molecule has 0 bridgehead atoms. The summed E-state index contributed by atoms with van der Waals surface area (Å²) in [5.74, 6) is -0.163. The van der Waals surface area contributed by atoms with Gasteiger partial charge in [0.2, 0.25) is 5.91 Å². The van der Waals surface area contributed by atoms with Crippen LogP contribution >= 0.6 is 11.3 Å². The molecule has 0 aliphatic heterocycles. The molecule has 2 heterocycles. The van der Waals surface area contributed by atoms with Crippen LogP contribution in [0.4, 0.5) is 0 Å². The maximum absolute atomic E-state index is 12.6. The fourth-order valence-electron chi connectivity index (χ4n) is 3.72. The van der Waals surface area contributed by atoms with Gasteiger partial charge < -0.3 is 15.1 Å². The van der Waals surface area contributed by atoms with Gasteiger partial charge in [-0.3, -0.25) is 9.59 Å². The number of thiophene rings is 1. The van der Waals surface area contributed by atoms with E-state index in [4.69, 9.17) is 4.42 Å². The van der Waals surface area contributed by atoms with Gasteiger partial charge in [-0.15, -0.1) is 11.3 Å². The number of hydrogen-bond donors (Lipinski definition) is 2. The van der Waals surface area contributed by atoms with Crippen molar-refractivity contribution in [3.8, 4) is 0 Å². The first kappa shape index (κ1) is 19.5. The highest BCUT2D eigenvalue weighted by Gasteiger charge is 2.20. The Hall–Kier alpha value is -2.86. The van der Waals surface area contributed by atoms with Gasteiger partial charge in [-0.1, -0.05) is 24.3 Å². The summed E-state index contributed by atoms with van der Waals surface area (Å²) in [6.45, 7) is 0.257. The molecule has 2 aromatic heterocycles. The number of benzene rings is 1. The van der Waals surface area contributed by atoms with E-state index in [0.29, 0.717) is 0 Å². The number of furan rings is 1. The second-order valence-corrected chi connectivity index (χ2v) is 8.21. The van der Waals surface area contributed by atoms with Crippen molar-refractivity contribution >= 4 is 23.2 Å². The molecule has 2 amide bonds. The molecule has 2 N–H and O–H groups in total. The third-order valence-corrected chi connectivity index (χ3v) is 6.16. The average Bonchev–Trinajstić information content (AvgIpc) is 3.46.